The van der Waals surface area contributed by atoms with Crippen LogP contribution in [0.1, 0.15) is 39.0 Å². The lowest BCUT2D eigenvalue weighted by Crippen LogP contribution is -2.47. The van der Waals surface area contributed by atoms with Gasteiger partial charge in [0, 0.05) is 6.04 Å². The van der Waals surface area contributed by atoms with Crippen molar-refractivity contribution in [2.24, 2.45) is 5.92 Å². The van der Waals surface area contributed by atoms with Crippen LogP contribution in [0.3, 0.4) is 0 Å². The van der Waals surface area contributed by atoms with Crippen LogP contribution in [0.15, 0.2) is 0 Å². The fraction of sp³-hybridized carbons (Fsp3) is 0.909. The summed E-state index contributed by atoms with van der Waals surface area (Å²) in [4.78, 5) is 11.7. The molecule has 1 saturated heterocycles. The lowest BCUT2D eigenvalue weighted by Gasteiger charge is -2.22. The fourth-order valence-electron chi connectivity index (χ4n) is 2.23. The molecule has 2 rings (SSSR count). The second-order valence-corrected chi connectivity index (χ2v) is 4.52. The third kappa shape index (κ3) is 2.27. The van der Waals surface area contributed by atoms with Crippen LogP contribution in [-0.2, 0) is 4.79 Å². The molecule has 3 nitrogen and oxygen atoms in total. The summed E-state index contributed by atoms with van der Waals surface area (Å²) in [5, 5.41) is 6.40. The van der Waals surface area contributed by atoms with Gasteiger partial charge in [-0.1, -0.05) is 19.8 Å². The topological polar surface area (TPSA) is 41.1 Å². The molecule has 1 saturated carbocycles. The Balaban J connectivity index is 1.72. The van der Waals surface area contributed by atoms with Gasteiger partial charge in [0.2, 0.25) is 5.91 Å². The van der Waals surface area contributed by atoms with Crippen molar-refractivity contribution >= 4 is 5.91 Å². The largest absolute Gasteiger partial charge is 0.352 e. The molecule has 2 fully saturated rings. The van der Waals surface area contributed by atoms with Crippen molar-refractivity contribution in [1.29, 1.82) is 0 Å². The Morgan fingerprint density at radius 3 is 2.93 bits per heavy atom. The second-order valence-electron chi connectivity index (χ2n) is 4.52. The maximum atomic E-state index is 11.7. The molecule has 1 aliphatic heterocycles. The minimum atomic E-state index is 0.0851. The average Bonchev–Trinajstić information content (AvgIpc) is 2.98. The monoisotopic (exact) mass is 196 g/mol. The molecule has 0 bridgehead atoms. The van der Waals surface area contributed by atoms with E-state index >= 15 is 0 Å². The zero-order chi connectivity index (χ0) is 9.97. The molecule has 0 aromatic rings. The first-order chi connectivity index (χ1) is 6.81. The summed E-state index contributed by atoms with van der Waals surface area (Å²) in [7, 11) is 0. The molecule has 3 atom stereocenters. The number of nitrogens with one attached hydrogen (secondary N) is 2. The predicted octanol–water partition coefficient (Wildman–Crippen LogP) is 1.04. The first-order valence-corrected chi connectivity index (χ1v) is 5.85. The highest BCUT2D eigenvalue weighted by Crippen LogP contribution is 2.33. The van der Waals surface area contributed by atoms with Gasteiger partial charge in [0.05, 0.1) is 6.04 Å². The highest BCUT2D eigenvalue weighted by molar-refractivity contribution is 5.82. The summed E-state index contributed by atoms with van der Waals surface area (Å²) in [5.74, 6) is 0.980. The van der Waals surface area contributed by atoms with Gasteiger partial charge < -0.3 is 10.6 Å². The van der Waals surface area contributed by atoms with Crippen LogP contribution in [-0.4, -0.2) is 24.5 Å². The van der Waals surface area contributed by atoms with E-state index in [1.54, 1.807) is 0 Å². The Morgan fingerprint density at radius 1 is 1.50 bits per heavy atom. The minimum absolute atomic E-state index is 0.0851. The smallest absolute Gasteiger partial charge is 0.237 e. The molecule has 0 aromatic heterocycles. The Kier molecular flexibility index (Phi) is 3.06. The van der Waals surface area contributed by atoms with Gasteiger partial charge in [-0.2, -0.15) is 0 Å². The lowest BCUT2D eigenvalue weighted by atomic mass is 10.0. The number of carbonyl (C=O) groups excluding carboxylic acids is 1. The van der Waals surface area contributed by atoms with E-state index in [0.717, 1.165) is 18.9 Å². The van der Waals surface area contributed by atoms with Crippen molar-refractivity contribution < 1.29 is 4.79 Å². The molecule has 0 radical (unpaired) electrons. The van der Waals surface area contributed by atoms with E-state index in [1.165, 1.54) is 25.7 Å². The molecular formula is C11H20N2O. The highest BCUT2D eigenvalue weighted by atomic mass is 16.2. The quantitative estimate of drug-likeness (QED) is 0.708. The van der Waals surface area contributed by atoms with Gasteiger partial charge in [-0.15, -0.1) is 0 Å². The van der Waals surface area contributed by atoms with Gasteiger partial charge in [0.1, 0.15) is 0 Å². The lowest BCUT2D eigenvalue weighted by molar-refractivity contribution is -0.123. The van der Waals surface area contributed by atoms with Gasteiger partial charge in [-0.3, -0.25) is 4.79 Å². The van der Waals surface area contributed by atoms with E-state index in [2.05, 4.69) is 17.6 Å². The summed E-state index contributed by atoms with van der Waals surface area (Å²) in [5.41, 5.74) is 0. The van der Waals surface area contributed by atoms with Crippen molar-refractivity contribution in [3.8, 4) is 0 Å². The third-order valence-electron chi connectivity index (χ3n) is 3.40. The van der Waals surface area contributed by atoms with E-state index in [9.17, 15) is 4.79 Å². The van der Waals surface area contributed by atoms with Crippen molar-refractivity contribution in [2.45, 2.75) is 51.1 Å². The van der Waals surface area contributed by atoms with E-state index in [4.69, 9.17) is 0 Å². The number of amides is 1. The van der Waals surface area contributed by atoms with Gasteiger partial charge in [0.15, 0.2) is 0 Å². The second kappa shape index (κ2) is 4.30. The number of hydrogen-bond acceptors (Lipinski definition) is 2. The zero-order valence-corrected chi connectivity index (χ0v) is 8.88. The first kappa shape index (κ1) is 9.97. The predicted molar refractivity (Wildman–Crippen MR) is 56.0 cm³/mol. The van der Waals surface area contributed by atoms with Crippen LogP contribution in [0, 0.1) is 5.92 Å². The maximum absolute atomic E-state index is 11.7. The minimum Gasteiger partial charge on any atom is -0.352 e. The summed E-state index contributed by atoms with van der Waals surface area (Å²) in [6.45, 7) is 3.19. The SMILES string of the molecule is CCC1CC1NC(=O)[C@@H]1CCCCN1. The number of piperidine rings is 1. The van der Waals surface area contributed by atoms with Gasteiger partial charge in [-0.05, 0) is 31.7 Å². The fourth-order valence-corrected chi connectivity index (χ4v) is 2.23. The molecule has 2 aliphatic rings. The van der Waals surface area contributed by atoms with E-state index in [-0.39, 0.29) is 11.9 Å². The third-order valence-corrected chi connectivity index (χ3v) is 3.40. The summed E-state index contributed by atoms with van der Waals surface area (Å²) < 4.78 is 0. The zero-order valence-electron chi connectivity index (χ0n) is 8.88. The van der Waals surface area contributed by atoms with Gasteiger partial charge >= 0.3 is 0 Å². The van der Waals surface area contributed by atoms with Crippen molar-refractivity contribution in [3.63, 3.8) is 0 Å². The molecule has 0 aromatic carbocycles. The van der Waals surface area contributed by atoms with Crippen LogP contribution in [0.25, 0.3) is 0 Å². The Hall–Kier alpha value is -0.570. The molecule has 1 aliphatic carbocycles. The van der Waals surface area contributed by atoms with Gasteiger partial charge in [0.25, 0.3) is 0 Å². The Bertz CT molecular complexity index is 211. The molecule has 2 unspecified atom stereocenters. The van der Waals surface area contributed by atoms with E-state index in [0.29, 0.717) is 6.04 Å². The highest BCUT2D eigenvalue weighted by Gasteiger charge is 2.37. The summed E-state index contributed by atoms with van der Waals surface area (Å²) >= 11 is 0. The normalized spacial score (nSPS) is 36.5. The van der Waals surface area contributed by atoms with Gasteiger partial charge in [-0.25, -0.2) is 0 Å². The molecule has 0 spiro atoms. The van der Waals surface area contributed by atoms with E-state index < -0.39 is 0 Å². The molecule has 1 heterocycles. The Morgan fingerprint density at radius 2 is 2.36 bits per heavy atom. The number of hydrogen-bond donors (Lipinski definition) is 2. The maximum Gasteiger partial charge on any atom is 0.237 e. The standard InChI is InChI=1S/C11H20N2O/c1-2-8-7-10(8)13-11(14)9-5-3-4-6-12-9/h8-10,12H,2-7H2,1H3,(H,13,14)/t8?,9-,10?/m0/s1. The summed E-state index contributed by atoms with van der Waals surface area (Å²) in [6, 6.07) is 0.568. The van der Waals surface area contributed by atoms with Crippen LogP contribution in [0.2, 0.25) is 0 Å². The molecule has 3 heteroatoms. The number of rotatable bonds is 3. The van der Waals surface area contributed by atoms with Crippen molar-refractivity contribution in [2.75, 3.05) is 6.54 Å². The van der Waals surface area contributed by atoms with Crippen LogP contribution in [0.5, 0.6) is 0 Å². The summed E-state index contributed by atoms with van der Waals surface area (Å²) in [6.07, 6.45) is 5.80. The van der Waals surface area contributed by atoms with Crippen molar-refractivity contribution in [1.82, 2.24) is 10.6 Å². The molecule has 80 valence electrons. The molecule has 14 heavy (non-hydrogen) atoms. The Labute approximate surface area is 85.6 Å². The van der Waals surface area contributed by atoms with Crippen LogP contribution < -0.4 is 10.6 Å². The average molecular weight is 196 g/mol. The van der Waals surface area contributed by atoms with Crippen LogP contribution >= 0.6 is 0 Å². The molecule has 2 N–H and O–H groups in total. The van der Waals surface area contributed by atoms with Crippen LogP contribution in [0.4, 0.5) is 0 Å². The van der Waals surface area contributed by atoms with Crippen molar-refractivity contribution in [3.05, 3.63) is 0 Å². The first-order valence-electron chi connectivity index (χ1n) is 5.85. The molecule has 1 amide bonds. The number of carbonyl (C=O) groups is 1. The van der Waals surface area contributed by atoms with E-state index in [1.807, 2.05) is 0 Å². The molecular weight excluding hydrogens is 176 g/mol.